The fourth-order valence-electron chi connectivity index (χ4n) is 3.91. The zero-order chi connectivity index (χ0) is 22.0. The van der Waals surface area contributed by atoms with E-state index in [0.29, 0.717) is 31.3 Å². The van der Waals surface area contributed by atoms with Gasteiger partial charge < -0.3 is 24.6 Å². The van der Waals surface area contributed by atoms with Crippen LogP contribution < -0.4 is 15.0 Å². The number of carbonyl (C=O) groups is 1. The number of hydrogen-bond donors (Lipinski definition) is 1. The predicted octanol–water partition coefficient (Wildman–Crippen LogP) is 3.52. The van der Waals surface area contributed by atoms with E-state index in [2.05, 4.69) is 25.2 Å². The molecule has 1 saturated heterocycles. The smallest absolute Gasteiger partial charge is 0.410 e. The van der Waals surface area contributed by atoms with Crippen molar-refractivity contribution in [3.8, 4) is 5.75 Å². The Morgan fingerprint density at radius 2 is 2.00 bits per heavy atom. The molecule has 9 heteroatoms. The van der Waals surface area contributed by atoms with Crippen molar-refractivity contribution in [3.63, 3.8) is 0 Å². The Morgan fingerprint density at radius 3 is 2.71 bits per heavy atom. The van der Waals surface area contributed by atoms with Gasteiger partial charge >= 0.3 is 6.09 Å². The third-order valence-electron chi connectivity index (χ3n) is 5.48. The topological polar surface area (TPSA) is 92.7 Å². The molecule has 1 amide bonds. The molecule has 0 aliphatic carbocycles. The number of amides is 1. The second kappa shape index (κ2) is 8.56. The average Bonchev–Trinajstić information content (AvgIpc) is 2.74. The van der Waals surface area contributed by atoms with E-state index in [-0.39, 0.29) is 12.1 Å². The van der Waals surface area contributed by atoms with Crippen LogP contribution in [-0.4, -0.2) is 63.8 Å². The summed E-state index contributed by atoms with van der Waals surface area (Å²) in [5, 5.41) is 3.33. The van der Waals surface area contributed by atoms with Crippen LogP contribution in [0.5, 0.6) is 5.75 Å². The van der Waals surface area contributed by atoms with Crippen molar-refractivity contribution in [2.24, 2.45) is 0 Å². The van der Waals surface area contributed by atoms with Crippen LogP contribution in [0.25, 0.3) is 0 Å². The maximum Gasteiger partial charge on any atom is 0.410 e. The zero-order valence-corrected chi connectivity index (χ0v) is 18.6. The number of rotatable bonds is 3. The van der Waals surface area contributed by atoms with E-state index in [1.54, 1.807) is 23.6 Å². The minimum absolute atomic E-state index is 0.242. The summed E-state index contributed by atoms with van der Waals surface area (Å²) in [6.07, 6.45) is 6.56. The van der Waals surface area contributed by atoms with Crippen molar-refractivity contribution in [2.75, 3.05) is 36.5 Å². The van der Waals surface area contributed by atoms with E-state index >= 15 is 0 Å². The van der Waals surface area contributed by atoms with E-state index in [0.717, 1.165) is 36.5 Å². The first kappa shape index (κ1) is 21.1. The summed E-state index contributed by atoms with van der Waals surface area (Å²) >= 11 is 0. The molecule has 2 aromatic rings. The number of ether oxygens (including phenoxy) is 2. The van der Waals surface area contributed by atoms with E-state index < -0.39 is 5.60 Å². The van der Waals surface area contributed by atoms with Gasteiger partial charge in [-0.1, -0.05) is 0 Å². The van der Waals surface area contributed by atoms with Crippen molar-refractivity contribution in [1.82, 2.24) is 19.9 Å². The van der Waals surface area contributed by atoms with Crippen molar-refractivity contribution in [1.29, 1.82) is 0 Å². The summed E-state index contributed by atoms with van der Waals surface area (Å²) in [4.78, 5) is 29.6. The molecule has 2 aliphatic heterocycles. The third-order valence-corrected chi connectivity index (χ3v) is 5.48. The lowest BCUT2D eigenvalue weighted by Crippen LogP contribution is -2.50. The van der Waals surface area contributed by atoms with Gasteiger partial charge in [0.25, 0.3) is 0 Å². The molecule has 1 N–H and O–H groups in total. The highest BCUT2D eigenvalue weighted by Gasteiger charge is 2.33. The molecule has 0 saturated carbocycles. The number of piperidine rings is 1. The number of fused-ring (bicyclic) bond motifs is 1. The van der Waals surface area contributed by atoms with Gasteiger partial charge in [-0.3, -0.25) is 4.98 Å². The van der Waals surface area contributed by atoms with Crippen molar-refractivity contribution < 1.29 is 14.3 Å². The quantitative estimate of drug-likeness (QED) is 0.797. The van der Waals surface area contributed by atoms with Crippen LogP contribution in [0, 0.1) is 6.92 Å². The molecule has 2 aromatic heterocycles. The fraction of sp³-hybridized carbons (Fsp3) is 0.545. The van der Waals surface area contributed by atoms with Crippen LogP contribution in [0.4, 0.5) is 22.1 Å². The number of pyridine rings is 1. The number of aryl methyl sites for hydroxylation is 1. The molecule has 166 valence electrons. The summed E-state index contributed by atoms with van der Waals surface area (Å²) < 4.78 is 11.5. The lowest BCUT2D eigenvalue weighted by molar-refractivity contribution is 0.0203. The second-order valence-corrected chi connectivity index (χ2v) is 8.93. The lowest BCUT2D eigenvalue weighted by atomic mass is 10.0. The van der Waals surface area contributed by atoms with Gasteiger partial charge in [-0.2, -0.15) is 0 Å². The average molecular weight is 427 g/mol. The summed E-state index contributed by atoms with van der Waals surface area (Å²) in [6.45, 7) is 10.3. The maximum absolute atomic E-state index is 12.4. The van der Waals surface area contributed by atoms with Gasteiger partial charge in [0.2, 0.25) is 5.75 Å². The molecule has 0 radical (unpaired) electrons. The van der Waals surface area contributed by atoms with E-state index in [1.807, 2.05) is 33.8 Å². The summed E-state index contributed by atoms with van der Waals surface area (Å²) in [7, 11) is 0. The van der Waals surface area contributed by atoms with E-state index in [9.17, 15) is 4.79 Å². The molecule has 4 rings (SSSR count). The zero-order valence-electron chi connectivity index (χ0n) is 18.6. The SMILES string of the molecule is Cc1ccncc1Nc1ncnc2c1OCCN2C1CCN(C(=O)OC(C)(C)C)CC1. The Kier molecular flexibility index (Phi) is 5.84. The summed E-state index contributed by atoms with van der Waals surface area (Å²) in [5.41, 5.74) is 1.48. The van der Waals surface area contributed by atoms with Crippen LogP contribution in [-0.2, 0) is 4.74 Å². The highest BCUT2D eigenvalue weighted by molar-refractivity contribution is 5.72. The monoisotopic (exact) mass is 426 g/mol. The minimum atomic E-state index is -0.482. The van der Waals surface area contributed by atoms with Gasteiger partial charge in [-0.25, -0.2) is 14.8 Å². The molecule has 0 unspecified atom stereocenters. The van der Waals surface area contributed by atoms with Crippen molar-refractivity contribution >= 4 is 23.4 Å². The molecule has 9 nitrogen and oxygen atoms in total. The molecular weight excluding hydrogens is 396 g/mol. The first-order chi connectivity index (χ1) is 14.8. The van der Waals surface area contributed by atoms with E-state index in [1.165, 1.54) is 0 Å². The number of likely N-dealkylation sites (tertiary alicyclic amines) is 1. The van der Waals surface area contributed by atoms with Gasteiger partial charge in [0, 0.05) is 25.3 Å². The Morgan fingerprint density at radius 1 is 1.23 bits per heavy atom. The number of nitrogens with one attached hydrogen (secondary N) is 1. The largest absolute Gasteiger partial charge is 0.485 e. The Balaban J connectivity index is 1.47. The normalized spacial score (nSPS) is 17.0. The van der Waals surface area contributed by atoms with Crippen molar-refractivity contribution in [3.05, 3.63) is 30.4 Å². The Hall–Kier alpha value is -3.10. The lowest BCUT2D eigenvalue weighted by Gasteiger charge is -2.41. The third kappa shape index (κ3) is 4.81. The number of nitrogens with zero attached hydrogens (tertiary/aromatic N) is 5. The second-order valence-electron chi connectivity index (χ2n) is 8.93. The molecule has 0 aromatic carbocycles. The van der Waals surface area contributed by atoms with Crippen LogP contribution in [0.1, 0.15) is 39.2 Å². The highest BCUT2D eigenvalue weighted by atomic mass is 16.6. The molecule has 4 heterocycles. The number of hydrogen-bond acceptors (Lipinski definition) is 8. The minimum Gasteiger partial charge on any atom is -0.485 e. The molecule has 31 heavy (non-hydrogen) atoms. The van der Waals surface area contributed by atoms with Crippen LogP contribution >= 0.6 is 0 Å². The summed E-state index contributed by atoms with van der Waals surface area (Å²) in [5.74, 6) is 2.09. The molecule has 2 aliphatic rings. The standard InChI is InChI=1S/C22H30N6O3/c1-15-5-8-23-13-17(15)26-19-18-20(25-14-24-19)28(11-12-30-18)16-6-9-27(10-7-16)21(29)31-22(2,3)4/h5,8,13-14,16H,6-7,9-12H2,1-4H3,(H,24,25,26). The van der Waals surface area contributed by atoms with Gasteiger partial charge in [0.15, 0.2) is 11.6 Å². The predicted molar refractivity (Wildman–Crippen MR) is 118 cm³/mol. The van der Waals surface area contributed by atoms with Gasteiger partial charge in [-0.15, -0.1) is 0 Å². The molecule has 0 atom stereocenters. The molecule has 1 fully saturated rings. The Labute approximate surface area is 182 Å². The first-order valence-corrected chi connectivity index (χ1v) is 10.7. The van der Waals surface area contributed by atoms with Gasteiger partial charge in [-0.05, 0) is 52.2 Å². The van der Waals surface area contributed by atoms with Gasteiger partial charge in [0.1, 0.15) is 18.5 Å². The van der Waals surface area contributed by atoms with Crippen LogP contribution in [0.2, 0.25) is 0 Å². The maximum atomic E-state index is 12.4. The number of carbonyl (C=O) groups excluding carboxylic acids is 1. The number of aromatic nitrogens is 3. The molecular formula is C22H30N6O3. The van der Waals surface area contributed by atoms with E-state index in [4.69, 9.17) is 9.47 Å². The first-order valence-electron chi connectivity index (χ1n) is 10.7. The fourth-order valence-corrected chi connectivity index (χ4v) is 3.91. The van der Waals surface area contributed by atoms with Crippen molar-refractivity contribution in [2.45, 2.75) is 52.2 Å². The summed E-state index contributed by atoms with van der Waals surface area (Å²) in [6, 6.07) is 2.23. The van der Waals surface area contributed by atoms with Gasteiger partial charge in [0.05, 0.1) is 18.4 Å². The van der Waals surface area contributed by atoms with Crippen LogP contribution in [0.3, 0.4) is 0 Å². The molecule has 0 bridgehead atoms. The Bertz CT molecular complexity index is 937. The number of anilines is 3. The highest BCUT2D eigenvalue weighted by Crippen LogP contribution is 2.38. The molecule has 0 spiro atoms. The van der Waals surface area contributed by atoms with Crippen LogP contribution in [0.15, 0.2) is 24.8 Å².